The Balaban J connectivity index is 2.26. The first-order chi connectivity index (χ1) is 8.91. The summed E-state index contributed by atoms with van der Waals surface area (Å²) in [6.07, 6.45) is 2.11. The van der Waals surface area contributed by atoms with Gasteiger partial charge >= 0.3 is 5.97 Å². The third kappa shape index (κ3) is 3.45. The predicted molar refractivity (Wildman–Crippen MR) is 67.4 cm³/mol. The zero-order chi connectivity index (χ0) is 14.0. The largest absolute Gasteiger partial charge is 0.496 e. The van der Waals surface area contributed by atoms with Crippen LogP contribution < -0.4 is 9.88 Å². The van der Waals surface area contributed by atoms with Gasteiger partial charge in [-0.15, -0.1) is 0 Å². The van der Waals surface area contributed by atoms with Crippen LogP contribution in [0.1, 0.15) is 23.2 Å². The second-order valence-corrected chi connectivity index (χ2v) is 6.01. The number of nitrogens with two attached hydrogens (primary N) is 1. The van der Waals surface area contributed by atoms with Gasteiger partial charge in [-0.1, -0.05) is 0 Å². The zero-order valence-electron chi connectivity index (χ0n) is 10.5. The summed E-state index contributed by atoms with van der Waals surface area (Å²) < 4.78 is 32.7. The summed E-state index contributed by atoms with van der Waals surface area (Å²) in [7, 11) is -2.47. The summed E-state index contributed by atoms with van der Waals surface area (Å²) in [5.74, 6) is 0.0822. The monoisotopic (exact) mass is 285 g/mol. The van der Waals surface area contributed by atoms with Crippen molar-refractivity contribution >= 4 is 16.0 Å². The third-order valence-electron chi connectivity index (χ3n) is 2.87. The van der Waals surface area contributed by atoms with Gasteiger partial charge in [0.15, 0.2) is 0 Å². The van der Waals surface area contributed by atoms with Crippen molar-refractivity contribution in [2.75, 3.05) is 13.7 Å². The SMILES string of the molecule is COc1ccc(S(N)(=O)=O)cc1C(=O)OCC1CC1. The fourth-order valence-electron chi connectivity index (χ4n) is 1.58. The van der Waals surface area contributed by atoms with E-state index >= 15 is 0 Å². The van der Waals surface area contributed by atoms with Crippen molar-refractivity contribution in [2.24, 2.45) is 11.1 Å². The lowest BCUT2D eigenvalue weighted by Gasteiger charge is -2.09. The van der Waals surface area contributed by atoms with Gasteiger partial charge in [-0.2, -0.15) is 0 Å². The van der Waals surface area contributed by atoms with Gasteiger partial charge in [0, 0.05) is 0 Å². The Bertz CT molecular complexity index is 592. The van der Waals surface area contributed by atoms with E-state index in [0.29, 0.717) is 12.5 Å². The molecule has 0 spiro atoms. The van der Waals surface area contributed by atoms with E-state index in [0.717, 1.165) is 12.8 Å². The molecule has 1 aliphatic carbocycles. The maximum Gasteiger partial charge on any atom is 0.341 e. The highest BCUT2D eigenvalue weighted by atomic mass is 32.2. The van der Waals surface area contributed by atoms with Crippen molar-refractivity contribution in [1.82, 2.24) is 0 Å². The average Bonchev–Trinajstić information content (AvgIpc) is 3.18. The minimum Gasteiger partial charge on any atom is -0.496 e. The van der Waals surface area contributed by atoms with Crippen LogP contribution in [0.15, 0.2) is 23.1 Å². The van der Waals surface area contributed by atoms with Gasteiger partial charge in [-0.25, -0.2) is 18.4 Å². The van der Waals surface area contributed by atoms with Crippen LogP contribution in [0.3, 0.4) is 0 Å². The van der Waals surface area contributed by atoms with Crippen LogP contribution in [0, 0.1) is 5.92 Å². The molecule has 0 saturated heterocycles. The molecule has 7 heteroatoms. The maximum absolute atomic E-state index is 11.9. The molecular weight excluding hydrogens is 270 g/mol. The van der Waals surface area contributed by atoms with E-state index < -0.39 is 16.0 Å². The third-order valence-corrected chi connectivity index (χ3v) is 3.78. The fourth-order valence-corrected chi connectivity index (χ4v) is 2.12. The molecular formula is C12H15NO5S. The lowest BCUT2D eigenvalue weighted by atomic mass is 10.2. The van der Waals surface area contributed by atoms with Gasteiger partial charge in [0.1, 0.15) is 11.3 Å². The zero-order valence-corrected chi connectivity index (χ0v) is 11.3. The summed E-state index contributed by atoms with van der Waals surface area (Å²) in [6, 6.07) is 3.84. The molecule has 1 aliphatic rings. The van der Waals surface area contributed by atoms with Gasteiger partial charge in [0.25, 0.3) is 0 Å². The van der Waals surface area contributed by atoms with Crippen LogP contribution in [-0.4, -0.2) is 28.1 Å². The number of primary sulfonamides is 1. The summed E-state index contributed by atoms with van der Waals surface area (Å²) >= 11 is 0. The molecule has 1 fully saturated rings. The van der Waals surface area contributed by atoms with Crippen LogP contribution in [-0.2, 0) is 14.8 Å². The standard InChI is InChI=1S/C12H15NO5S/c1-17-11-5-4-9(19(13,15)16)6-10(11)12(14)18-7-8-2-3-8/h4-6,8H,2-3,7H2,1H3,(H2,13,15,16). The number of methoxy groups -OCH3 is 1. The molecule has 2 N–H and O–H groups in total. The highest BCUT2D eigenvalue weighted by Gasteiger charge is 2.25. The normalized spacial score (nSPS) is 15.1. The first-order valence-corrected chi connectivity index (χ1v) is 7.34. The van der Waals surface area contributed by atoms with Crippen molar-refractivity contribution in [3.8, 4) is 5.75 Å². The Morgan fingerprint density at radius 3 is 2.63 bits per heavy atom. The second kappa shape index (κ2) is 5.18. The number of carbonyl (C=O) groups excluding carboxylic acids is 1. The Hall–Kier alpha value is -1.60. The molecule has 1 saturated carbocycles. The Morgan fingerprint density at radius 2 is 2.11 bits per heavy atom. The number of benzene rings is 1. The van der Waals surface area contributed by atoms with Gasteiger partial charge in [0.05, 0.1) is 18.6 Å². The van der Waals surface area contributed by atoms with Gasteiger partial charge in [-0.3, -0.25) is 0 Å². The summed E-state index contributed by atoms with van der Waals surface area (Å²) in [5.41, 5.74) is 0.0645. The molecule has 2 rings (SSSR count). The minimum absolute atomic E-state index is 0.0645. The number of rotatable bonds is 5. The van der Waals surface area contributed by atoms with Crippen molar-refractivity contribution < 1.29 is 22.7 Å². The van der Waals surface area contributed by atoms with Crippen LogP contribution in [0.5, 0.6) is 5.75 Å². The number of esters is 1. The Labute approximate surface area is 111 Å². The molecule has 0 atom stereocenters. The molecule has 6 nitrogen and oxygen atoms in total. The summed E-state index contributed by atoms with van der Waals surface area (Å²) in [6.45, 7) is 0.349. The molecule has 1 aromatic rings. The van der Waals surface area contributed by atoms with Gasteiger partial charge in [0.2, 0.25) is 10.0 Å². The van der Waals surface area contributed by atoms with E-state index in [9.17, 15) is 13.2 Å². The van der Waals surface area contributed by atoms with Crippen LogP contribution in [0.2, 0.25) is 0 Å². The molecule has 0 heterocycles. The van der Waals surface area contributed by atoms with E-state index in [1.165, 1.54) is 25.3 Å². The van der Waals surface area contributed by atoms with Crippen LogP contribution in [0.4, 0.5) is 0 Å². The maximum atomic E-state index is 11.9. The van der Waals surface area contributed by atoms with E-state index in [2.05, 4.69) is 0 Å². The number of hydrogen-bond acceptors (Lipinski definition) is 5. The number of ether oxygens (including phenoxy) is 2. The topological polar surface area (TPSA) is 95.7 Å². The van der Waals surface area contributed by atoms with E-state index in [1.807, 2.05) is 0 Å². The predicted octanol–water partition coefficient (Wildman–Crippen LogP) is 0.909. The first-order valence-electron chi connectivity index (χ1n) is 5.80. The first kappa shape index (κ1) is 13.8. The lowest BCUT2D eigenvalue weighted by molar-refractivity contribution is 0.0482. The minimum atomic E-state index is -3.87. The highest BCUT2D eigenvalue weighted by molar-refractivity contribution is 7.89. The number of sulfonamides is 1. The Kier molecular flexibility index (Phi) is 3.77. The van der Waals surface area contributed by atoms with Crippen molar-refractivity contribution in [1.29, 1.82) is 0 Å². The molecule has 0 radical (unpaired) electrons. The second-order valence-electron chi connectivity index (χ2n) is 4.45. The molecule has 1 aromatic carbocycles. The van der Waals surface area contributed by atoms with Gasteiger partial charge in [-0.05, 0) is 37.0 Å². The van der Waals surface area contributed by atoms with Crippen molar-refractivity contribution in [3.05, 3.63) is 23.8 Å². The highest BCUT2D eigenvalue weighted by Crippen LogP contribution is 2.30. The molecule has 0 bridgehead atoms. The van der Waals surface area contributed by atoms with E-state index in [4.69, 9.17) is 14.6 Å². The number of carbonyl (C=O) groups is 1. The molecule has 104 valence electrons. The lowest BCUT2D eigenvalue weighted by Crippen LogP contribution is -2.15. The van der Waals surface area contributed by atoms with Crippen LogP contribution >= 0.6 is 0 Å². The molecule has 0 unspecified atom stereocenters. The summed E-state index contributed by atoms with van der Waals surface area (Å²) in [4.78, 5) is 11.8. The molecule has 19 heavy (non-hydrogen) atoms. The van der Waals surface area contributed by atoms with Gasteiger partial charge < -0.3 is 9.47 Å². The van der Waals surface area contributed by atoms with E-state index in [1.54, 1.807) is 0 Å². The van der Waals surface area contributed by atoms with Crippen molar-refractivity contribution in [2.45, 2.75) is 17.7 Å². The quantitative estimate of drug-likeness (QED) is 0.811. The number of hydrogen-bond donors (Lipinski definition) is 1. The fraction of sp³-hybridized carbons (Fsp3) is 0.417. The average molecular weight is 285 g/mol. The molecule has 0 aliphatic heterocycles. The van der Waals surface area contributed by atoms with Crippen molar-refractivity contribution in [3.63, 3.8) is 0 Å². The Morgan fingerprint density at radius 1 is 1.42 bits per heavy atom. The van der Waals surface area contributed by atoms with Crippen LogP contribution in [0.25, 0.3) is 0 Å². The summed E-state index contributed by atoms with van der Waals surface area (Å²) in [5, 5.41) is 5.03. The molecule has 0 amide bonds. The van der Waals surface area contributed by atoms with E-state index in [-0.39, 0.29) is 16.2 Å². The smallest absolute Gasteiger partial charge is 0.341 e. The molecule has 0 aromatic heterocycles.